The van der Waals surface area contributed by atoms with E-state index >= 15 is 0 Å². The number of aliphatic carboxylic acids is 1. The highest BCUT2D eigenvalue weighted by Gasteiger charge is 2.09. The second kappa shape index (κ2) is 5.61. The van der Waals surface area contributed by atoms with Gasteiger partial charge in [-0.2, -0.15) is 0 Å². The molecule has 0 atom stereocenters. The molecule has 2 rings (SSSR count). The molecule has 0 aliphatic carbocycles. The first kappa shape index (κ1) is 13.9. The van der Waals surface area contributed by atoms with Crippen LogP contribution >= 0.6 is 11.8 Å². The Morgan fingerprint density at radius 2 is 2.11 bits per heavy atom. The first-order valence-corrected chi connectivity index (χ1v) is 7.22. The van der Waals surface area contributed by atoms with Gasteiger partial charge in [0.1, 0.15) is 0 Å². The summed E-state index contributed by atoms with van der Waals surface area (Å²) in [5.41, 5.74) is 3.09. The zero-order chi connectivity index (χ0) is 14.0. The van der Waals surface area contributed by atoms with Crippen LogP contribution in [0.25, 0.3) is 10.9 Å². The molecule has 0 spiro atoms. The summed E-state index contributed by atoms with van der Waals surface area (Å²) in [4.78, 5) is 16.2. The summed E-state index contributed by atoms with van der Waals surface area (Å²) in [5.74, 6) is -0.277. The molecule has 1 N–H and O–H groups in total. The van der Waals surface area contributed by atoms with E-state index in [9.17, 15) is 4.79 Å². The maximum Gasteiger partial charge on any atom is 0.313 e. The van der Waals surface area contributed by atoms with Gasteiger partial charge < -0.3 is 5.11 Å². The minimum Gasteiger partial charge on any atom is -0.481 e. The molecule has 0 aliphatic heterocycles. The molecule has 0 saturated carbocycles. The van der Waals surface area contributed by atoms with Crippen LogP contribution in [0.2, 0.25) is 0 Å². The molecule has 2 aromatic rings. The molecule has 0 saturated heterocycles. The second-order valence-electron chi connectivity index (χ2n) is 4.88. The van der Waals surface area contributed by atoms with Crippen LogP contribution < -0.4 is 0 Å². The number of hydrogen-bond acceptors (Lipinski definition) is 3. The highest BCUT2D eigenvalue weighted by atomic mass is 32.2. The van der Waals surface area contributed by atoms with Gasteiger partial charge in [-0.3, -0.25) is 9.78 Å². The number of aromatic nitrogens is 1. The van der Waals surface area contributed by atoms with E-state index in [1.807, 2.05) is 19.1 Å². The van der Waals surface area contributed by atoms with Crippen molar-refractivity contribution >= 4 is 28.6 Å². The van der Waals surface area contributed by atoms with E-state index in [2.05, 4.69) is 31.0 Å². The molecule has 0 fully saturated rings. The van der Waals surface area contributed by atoms with Crippen LogP contribution in [0.4, 0.5) is 0 Å². The lowest BCUT2D eigenvalue weighted by Gasteiger charge is -2.10. The van der Waals surface area contributed by atoms with Crippen molar-refractivity contribution < 1.29 is 9.90 Å². The van der Waals surface area contributed by atoms with Gasteiger partial charge >= 0.3 is 5.97 Å². The fourth-order valence-corrected chi connectivity index (χ4v) is 2.81. The normalized spacial score (nSPS) is 11.2. The molecule has 0 radical (unpaired) electrons. The highest BCUT2D eigenvalue weighted by molar-refractivity contribution is 8.00. The average molecular weight is 275 g/mol. The number of aryl methyl sites for hydroxylation is 1. The quantitative estimate of drug-likeness (QED) is 0.861. The molecule has 100 valence electrons. The standard InChI is InChI=1S/C15H17NO2S/c1-9(2)11-4-5-13-12(7-11)14(6-10(3)16-13)19-8-15(17)18/h4-7,9H,8H2,1-3H3,(H,17,18). The second-order valence-corrected chi connectivity index (χ2v) is 5.89. The third kappa shape index (κ3) is 3.26. The van der Waals surface area contributed by atoms with Gasteiger partial charge in [-0.25, -0.2) is 0 Å². The largest absolute Gasteiger partial charge is 0.481 e. The zero-order valence-electron chi connectivity index (χ0n) is 11.3. The van der Waals surface area contributed by atoms with Crippen molar-refractivity contribution in [1.29, 1.82) is 0 Å². The molecule has 1 heterocycles. The number of rotatable bonds is 4. The van der Waals surface area contributed by atoms with Crippen molar-refractivity contribution in [3.63, 3.8) is 0 Å². The first-order valence-electron chi connectivity index (χ1n) is 6.23. The number of carboxylic acids is 1. The third-order valence-corrected chi connectivity index (χ3v) is 3.98. The van der Waals surface area contributed by atoms with Gasteiger partial charge in [0.2, 0.25) is 0 Å². The Kier molecular flexibility index (Phi) is 4.10. The van der Waals surface area contributed by atoms with Crippen LogP contribution in [0.5, 0.6) is 0 Å². The number of benzene rings is 1. The molecule has 0 aliphatic rings. The van der Waals surface area contributed by atoms with E-state index in [0.29, 0.717) is 5.92 Å². The third-order valence-electron chi connectivity index (χ3n) is 2.94. The molecular formula is C15H17NO2S. The Bertz CT molecular complexity index is 623. The minimum absolute atomic E-state index is 0.0739. The Morgan fingerprint density at radius 1 is 1.37 bits per heavy atom. The van der Waals surface area contributed by atoms with Crippen LogP contribution in [0, 0.1) is 6.92 Å². The molecule has 0 unspecified atom stereocenters. The summed E-state index contributed by atoms with van der Waals surface area (Å²) in [7, 11) is 0. The van der Waals surface area contributed by atoms with Gasteiger partial charge in [-0.15, -0.1) is 11.8 Å². The Balaban J connectivity index is 2.52. The lowest BCUT2D eigenvalue weighted by atomic mass is 10.0. The number of carboxylic acid groups (broad SMARTS) is 1. The van der Waals surface area contributed by atoms with Gasteiger partial charge in [0.15, 0.2) is 0 Å². The van der Waals surface area contributed by atoms with Crippen molar-refractivity contribution in [3.8, 4) is 0 Å². The summed E-state index contributed by atoms with van der Waals surface area (Å²) in [6, 6.07) is 8.18. The Morgan fingerprint density at radius 3 is 2.74 bits per heavy atom. The number of hydrogen-bond donors (Lipinski definition) is 1. The molecule has 0 bridgehead atoms. The monoisotopic (exact) mass is 275 g/mol. The van der Waals surface area contributed by atoms with E-state index in [1.165, 1.54) is 17.3 Å². The number of pyridine rings is 1. The van der Waals surface area contributed by atoms with E-state index in [1.54, 1.807) is 0 Å². The van der Waals surface area contributed by atoms with E-state index in [0.717, 1.165) is 21.5 Å². The Hall–Kier alpha value is -1.55. The van der Waals surface area contributed by atoms with E-state index in [4.69, 9.17) is 5.11 Å². The van der Waals surface area contributed by atoms with E-state index in [-0.39, 0.29) is 5.75 Å². The van der Waals surface area contributed by atoms with Gasteiger partial charge in [0.05, 0.1) is 11.3 Å². The fourth-order valence-electron chi connectivity index (χ4n) is 1.96. The molecule has 3 nitrogen and oxygen atoms in total. The van der Waals surface area contributed by atoms with Gasteiger partial charge in [0.25, 0.3) is 0 Å². The molecule has 4 heteroatoms. The van der Waals surface area contributed by atoms with E-state index < -0.39 is 5.97 Å². The number of thioether (sulfide) groups is 1. The van der Waals surface area contributed by atoms with Crippen LogP contribution in [0.1, 0.15) is 31.0 Å². The van der Waals surface area contributed by atoms with Crippen LogP contribution in [-0.4, -0.2) is 21.8 Å². The fraction of sp³-hybridized carbons (Fsp3) is 0.333. The average Bonchev–Trinajstić information content (AvgIpc) is 2.35. The smallest absolute Gasteiger partial charge is 0.313 e. The molecule has 19 heavy (non-hydrogen) atoms. The van der Waals surface area contributed by atoms with Crippen LogP contribution in [-0.2, 0) is 4.79 Å². The van der Waals surface area contributed by atoms with Gasteiger partial charge in [-0.1, -0.05) is 19.9 Å². The SMILES string of the molecule is Cc1cc(SCC(=O)O)c2cc(C(C)C)ccc2n1. The highest BCUT2D eigenvalue weighted by Crippen LogP contribution is 2.30. The predicted molar refractivity (Wildman–Crippen MR) is 78.9 cm³/mol. The Labute approximate surface area is 117 Å². The zero-order valence-corrected chi connectivity index (χ0v) is 12.1. The number of carbonyl (C=O) groups is 1. The lowest BCUT2D eigenvalue weighted by Crippen LogP contribution is -1.98. The van der Waals surface area contributed by atoms with Crippen LogP contribution in [0.15, 0.2) is 29.2 Å². The van der Waals surface area contributed by atoms with Crippen molar-refractivity contribution in [2.24, 2.45) is 0 Å². The van der Waals surface area contributed by atoms with Crippen molar-refractivity contribution in [1.82, 2.24) is 4.98 Å². The summed E-state index contributed by atoms with van der Waals surface area (Å²) < 4.78 is 0. The number of fused-ring (bicyclic) bond motifs is 1. The van der Waals surface area contributed by atoms with Crippen LogP contribution in [0.3, 0.4) is 0 Å². The predicted octanol–water partition coefficient (Wildman–Crippen LogP) is 3.84. The lowest BCUT2D eigenvalue weighted by molar-refractivity contribution is -0.133. The molecular weight excluding hydrogens is 258 g/mol. The van der Waals surface area contributed by atoms with Crippen molar-refractivity contribution in [3.05, 3.63) is 35.5 Å². The van der Waals surface area contributed by atoms with Gasteiger partial charge in [0, 0.05) is 16.0 Å². The van der Waals surface area contributed by atoms with Crippen molar-refractivity contribution in [2.75, 3.05) is 5.75 Å². The first-order chi connectivity index (χ1) is 8.97. The van der Waals surface area contributed by atoms with Gasteiger partial charge in [-0.05, 0) is 36.6 Å². The molecule has 0 amide bonds. The maximum atomic E-state index is 10.7. The summed E-state index contributed by atoms with van der Waals surface area (Å²) in [5, 5.41) is 9.87. The summed E-state index contributed by atoms with van der Waals surface area (Å²) in [6.45, 7) is 6.22. The number of nitrogens with zero attached hydrogens (tertiary/aromatic N) is 1. The summed E-state index contributed by atoms with van der Waals surface area (Å²) >= 11 is 1.35. The maximum absolute atomic E-state index is 10.7. The summed E-state index contributed by atoms with van der Waals surface area (Å²) in [6.07, 6.45) is 0. The topological polar surface area (TPSA) is 50.2 Å². The molecule has 1 aromatic carbocycles. The minimum atomic E-state index is -0.798. The van der Waals surface area contributed by atoms with Crippen molar-refractivity contribution in [2.45, 2.75) is 31.6 Å². The molecule has 1 aromatic heterocycles.